The minimum absolute atomic E-state index is 0.259. The lowest BCUT2D eigenvalue weighted by Crippen LogP contribution is -2.30. The Kier molecular flexibility index (Phi) is 6.27. The van der Waals surface area contributed by atoms with Gasteiger partial charge in [0.1, 0.15) is 11.8 Å². The van der Waals surface area contributed by atoms with E-state index in [4.69, 9.17) is 9.15 Å². The van der Waals surface area contributed by atoms with Gasteiger partial charge in [0.2, 0.25) is 5.89 Å². The van der Waals surface area contributed by atoms with Crippen LogP contribution < -0.4 is 15.0 Å². The van der Waals surface area contributed by atoms with Crippen molar-refractivity contribution in [2.24, 2.45) is 0 Å². The van der Waals surface area contributed by atoms with Gasteiger partial charge < -0.3 is 19.4 Å². The largest absolute Gasteiger partial charge is 0.493 e. The summed E-state index contributed by atoms with van der Waals surface area (Å²) < 4.78 is 11.6. The molecule has 0 radical (unpaired) electrons. The van der Waals surface area contributed by atoms with Crippen molar-refractivity contribution in [3.63, 3.8) is 0 Å². The van der Waals surface area contributed by atoms with Gasteiger partial charge >= 0.3 is 6.01 Å². The number of para-hydroxylation sites is 1. The van der Waals surface area contributed by atoms with E-state index in [1.165, 1.54) is 6.42 Å². The van der Waals surface area contributed by atoms with Gasteiger partial charge in [0.15, 0.2) is 0 Å². The number of benzene rings is 2. The van der Waals surface area contributed by atoms with E-state index in [2.05, 4.69) is 20.4 Å². The number of carbonyl (C=O) groups is 1. The van der Waals surface area contributed by atoms with E-state index in [0.29, 0.717) is 29.8 Å². The first kappa shape index (κ1) is 19.9. The Morgan fingerprint density at radius 1 is 1.07 bits per heavy atom. The molecule has 30 heavy (non-hydrogen) atoms. The summed E-state index contributed by atoms with van der Waals surface area (Å²) in [6.07, 6.45) is 3.45. The highest BCUT2D eigenvalue weighted by Gasteiger charge is 2.26. The van der Waals surface area contributed by atoms with Crippen molar-refractivity contribution in [2.75, 3.05) is 24.6 Å². The number of ether oxygens (including phenoxy) is 1. The highest BCUT2D eigenvalue weighted by molar-refractivity contribution is 5.97. The first-order valence-corrected chi connectivity index (χ1v) is 10.4. The molecule has 1 aliphatic heterocycles. The summed E-state index contributed by atoms with van der Waals surface area (Å²) in [5, 5.41) is 11.6. The molecule has 1 atom stereocenters. The van der Waals surface area contributed by atoms with Crippen LogP contribution in [0.15, 0.2) is 59.0 Å². The summed E-state index contributed by atoms with van der Waals surface area (Å²) in [5.74, 6) is 0.651. The molecule has 2 heterocycles. The van der Waals surface area contributed by atoms with E-state index in [-0.39, 0.29) is 5.91 Å². The number of rotatable bonds is 7. The zero-order chi connectivity index (χ0) is 20.8. The molecule has 4 rings (SSSR count). The predicted molar refractivity (Wildman–Crippen MR) is 114 cm³/mol. The minimum Gasteiger partial charge on any atom is -0.493 e. The number of nitrogens with one attached hydrogen (secondary N) is 1. The van der Waals surface area contributed by atoms with Crippen molar-refractivity contribution in [1.29, 1.82) is 0 Å². The first-order chi connectivity index (χ1) is 14.8. The summed E-state index contributed by atoms with van der Waals surface area (Å²) >= 11 is 0. The van der Waals surface area contributed by atoms with Gasteiger partial charge in [-0.2, -0.15) is 0 Å². The quantitative estimate of drug-likeness (QED) is 0.639. The molecule has 0 unspecified atom stereocenters. The second-order valence-corrected chi connectivity index (χ2v) is 7.22. The number of hydrogen-bond donors (Lipinski definition) is 1. The van der Waals surface area contributed by atoms with Gasteiger partial charge in [0, 0.05) is 13.1 Å². The second kappa shape index (κ2) is 9.43. The maximum absolute atomic E-state index is 13.1. The van der Waals surface area contributed by atoms with Gasteiger partial charge in [-0.25, -0.2) is 0 Å². The monoisotopic (exact) mass is 406 g/mol. The van der Waals surface area contributed by atoms with Crippen molar-refractivity contribution < 1.29 is 13.9 Å². The topological polar surface area (TPSA) is 80.5 Å². The molecule has 1 fully saturated rings. The molecule has 7 nitrogen and oxygen atoms in total. The molecule has 156 valence electrons. The zero-order valence-corrected chi connectivity index (χ0v) is 17.1. The first-order valence-electron chi connectivity index (χ1n) is 10.4. The van der Waals surface area contributed by atoms with E-state index in [0.717, 1.165) is 31.5 Å². The van der Waals surface area contributed by atoms with Gasteiger partial charge in [-0.1, -0.05) is 47.6 Å². The number of nitrogens with zero attached hydrogens (tertiary/aromatic N) is 3. The van der Waals surface area contributed by atoms with Crippen LogP contribution in [-0.2, 0) is 0 Å². The molecule has 0 spiro atoms. The van der Waals surface area contributed by atoms with E-state index < -0.39 is 6.04 Å². The van der Waals surface area contributed by atoms with Crippen LogP contribution in [-0.4, -0.2) is 35.8 Å². The van der Waals surface area contributed by atoms with Crippen molar-refractivity contribution in [2.45, 2.75) is 32.2 Å². The van der Waals surface area contributed by atoms with E-state index in [1.807, 2.05) is 49.4 Å². The zero-order valence-electron chi connectivity index (χ0n) is 17.1. The van der Waals surface area contributed by atoms with E-state index >= 15 is 0 Å². The average molecular weight is 406 g/mol. The van der Waals surface area contributed by atoms with Crippen molar-refractivity contribution >= 4 is 11.9 Å². The van der Waals surface area contributed by atoms with Gasteiger partial charge in [0.05, 0.1) is 12.2 Å². The molecule has 1 saturated heterocycles. The SMILES string of the molecule is CCOc1ccccc1C(=O)N[C@@H](c1ccccc1)c1nnc(N2CCCCC2)o1. The lowest BCUT2D eigenvalue weighted by Gasteiger charge is -2.24. The smallest absolute Gasteiger partial charge is 0.318 e. The number of amides is 1. The average Bonchev–Trinajstić information content (AvgIpc) is 3.29. The molecule has 1 amide bonds. The molecule has 3 aromatic rings. The van der Waals surface area contributed by atoms with E-state index in [1.54, 1.807) is 12.1 Å². The minimum atomic E-state index is -0.556. The highest BCUT2D eigenvalue weighted by atomic mass is 16.5. The van der Waals surface area contributed by atoms with Crippen LogP contribution in [0, 0.1) is 0 Å². The fourth-order valence-corrected chi connectivity index (χ4v) is 3.63. The second-order valence-electron chi connectivity index (χ2n) is 7.22. The van der Waals surface area contributed by atoms with Gasteiger partial charge in [0.25, 0.3) is 5.91 Å². The van der Waals surface area contributed by atoms with Crippen LogP contribution in [0.1, 0.15) is 54.0 Å². The Morgan fingerprint density at radius 2 is 1.80 bits per heavy atom. The van der Waals surface area contributed by atoms with Crippen LogP contribution in [0.4, 0.5) is 6.01 Å². The Hall–Kier alpha value is -3.35. The van der Waals surface area contributed by atoms with Gasteiger partial charge in [-0.15, -0.1) is 5.10 Å². The third-order valence-corrected chi connectivity index (χ3v) is 5.14. The van der Waals surface area contributed by atoms with Gasteiger partial charge in [-0.05, 0) is 43.9 Å². The summed E-state index contributed by atoms with van der Waals surface area (Å²) in [6.45, 7) is 4.19. The van der Waals surface area contributed by atoms with Crippen LogP contribution in [0.5, 0.6) is 5.75 Å². The molecule has 7 heteroatoms. The maximum atomic E-state index is 13.1. The summed E-state index contributed by atoms with van der Waals surface area (Å²) in [7, 11) is 0. The Bertz CT molecular complexity index is 967. The normalized spacial score (nSPS) is 14.9. The van der Waals surface area contributed by atoms with Gasteiger partial charge in [-0.3, -0.25) is 4.79 Å². The maximum Gasteiger partial charge on any atom is 0.318 e. The molecular weight excluding hydrogens is 380 g/mol. The third kappa shape index (κ3) is 4.45. The third-order valence-electron chi connectivity index (χ3n) is 5.14. The number of hydrogen-bond acceptors (Lipinski definition) is 6. The van der Waals surface area contributed by atoms with Crippen molar-refractivity contribution in [3.05, 3.63) is 71.6 Å². The molecule has 1 aromatic heterocycles. The molecule has 0 saturated carbocycles. The van der Waals surface area contributed by atoms with E-state index in [9.17, 15) is 4.79 Å². The van der Waals surface area contributed by atoms with Crippen LogP contribution in [0.25, 0.3) is 0 Å². The molecular formula is C23H26N4O3. The fourth-order valence-electron chi connectivity index (χ4n) is 3.63. The number of aromatic nitrogens is 2. The molecule has 2 aromatic carbocycles. The Balaban J connectivity index is 1.62. The van der Waals surface area contributed by atoms with Crippen molar-refractivity contribution in [3.8, 4) is 5.75 Å². The molecule has 0 aliphatic carbocycles. The van der Waals surface area contributed by atoms with Crippen molar-refractivity contribution in [1.82, 2.24) is 15.5 Å². The Labute approximate surface area is 176 Å². The Morgan fingerprint density at radius 3 is 2.57 bits per heavy atom. The van der Waals surface area contributed by atoms with Crippen LogP contribution in [0.3, 0.4) is 0 Å². The lowest BCUT2D eigenvalue weighted by atomic mass is 10.1. The summed E-state index contributed by atoms with van der Waals surface area (Å²) in [6, 6.07) is 16.8. The van der Waals surface area contributed by atoms with Crippen LogP contribution >= 0.6 is 0 Å². The standard InChI is InChI=1S/C23H26N4O3/c1-2-29-19-14-8-7-13-18(19)21(28)24-20(17-11-5-3-6-12-17)22-25-26-23(30-22)27-15-9-4-10-16-27/h3,5-8,11-14,20H,2,4,9-10,15-16H2,1H3,(H,24,28)/t20-/m0/s1. The van der Waals surface area contributed by atoms with Crippen LogP contribution in [0.2, 0.25) is 0 Å². The number of piperidine rings is 1. The molecule has 1 aliphatic rings. The molecule has 1 N–H and O–H groups in total. The number of carbonyl (C=O) groups excluding carboxylic acids is 1. The summed E-state index contributed by atoms with van der Waals surface area (Å²) in [4.78, 5) is 15.2. The summed E-state index contributed by atoms with van der Waals surface area (Å²) in [5.41, 5.74) is 1.34. The predicted octanol–water partition coefficient (Wildman–Crippen LogP) is 3.98. The lowest BCUT2D eigenvalue weighted by molar-refractivity contribution is 0.0934. The fraction of sp³-hybridized carbons (Fsp3) is 0.348. The molecule has 0 bridgehead atoms. The highest BCUT2D eigenvalue weighted by Crippen LogP contribution is 2.27. The number of anilines is 1.